The Labute approximate surface area is 125 Å². The molecule has 0 amide bonds. The molecule has 2 aromatic rings. The lowest BCUT2D eigenvalue weighted by atomic mass is 9.98. The third kappa shape index (κ3) is 4.31. The smallest absolute Gasteiger partial charge is 0.338 e. The van der Waals surface area contributed by atoms with Gasteiger partial charge in [-0.15, -0.1) is 0 Å². The minimum atomic E-state index is -0.349. The van der Waals surface area contributed by atoms with E-state index in [1.165, 1.54) is 12.7 Å². The first-order valence-corrected chi connectivity index (χ1v) is 7.04. The van der Waals surface area contributed by atoms with E-state index in [4.69, 9.17) is 4.74 Å². The second kappa shape index (κ2) is 7.43. The maximum atomic E-state index is 11.5. The summed E-state index contributed by atoms with van der Waals surface area (Å²) in [5.41, 5.74) is 1.83. The van der Waals surface area contributed by atoms with Gasteiger partial charge in [0.2, 0.25) is 0 Å². The number of aromatic nitrogens is 1. The van der Waals surface area contributed by atoms with E-state index < -0.39 is 0 Å². The number of benzene rings is 1. The van der Waals surface area contributed by atoms with Crippen LogP contribution in [0.1, 0.15) is 35.2 Å². The van der Waals surface area contributed by atoms with Crippen molar-refractivity contribution in [3.8, 4) is 0 Å². The summed E-state index contributed by atoms with van der Waals surface area (Å²) in [6, 6.07) is 13.8. The van der Waals surface area contributed by atoms with Crippen molar-refractivity contribution < 1.29 is 9.53 Å². The second-order valence-corrected chi connectivity index (χ2v) is 4.95. The topological polar surface area (TPSA) is 51.2 Å². The van der Waals surface area contributed by atoms with Gasteiger partial charge in [0.1, 0.15) is 5.82 Å². The molecule has 0 aliphatic heterocycles. The maximum absolute atomic E-state index is 11.5. The zero-order valence-corrected chi connectivity index (χ0v) is 12.4. The molecule has 0 saturated carbocycles. The molecular formula is C17H20N2O2. The van der Waals surface area contributed by atoms with Crippen LogP contribution in [0.2, 0.25) is 0 Å². The Kier molecular flexibility index (Phi) is 5.32. The van der Waals surface area contributed by atoms with Gasteiger partial charge in [-0.2, -0.15) is 0 Å². The Balaban J connectivity index is 1.87. The summed E-state index contributed by atoms with van der Waals surface area (Å²) in [5.74, 6) is 0.818. The van der Waals surface area contributed by atoms with Crippen LogP contribution in [-0.2, 0) is 4.74 Å². The number of carbonyl (C=O) groups excluding carboxylic acids is 1. The number of nitrogens with one attached hydrogen (secondary N) is 1. The lowest BCUT2D eigenvalue weighted by molar-refractivity contribution is 0.0600. The average Bonchev–Trinajstić information content (AvgIpc) is 2.55. The van der Waals surface area contributed by atoms with Crippen molar-refractivity contribution >= 4 is 11.8 Å². The summed E-state index contributed by atoms with van der Waals surface area (Å²) in [6.07, 6.45) is 2.60. The molecule has 1 heterocycles. The standard InChI is InChI=1S/C17H20N2O2/c1-13(14-6-4-3-5-7-14)8-10-18-16-12-15(9-11-19-16)17(20)21-2/h3-7,9,11-13H,8,10H2,1-2H3,(H,18,19). The average molecular weight is 284 g/mol. The number of rotatable bonds is 6. The Morgan fingerprint density at radius 3 is 2.76 bits per heavy atom. The van der Waals surface area contributed by atoms with Gasteiger partial charge in [-0.25, -0.2) is 9.78 Å². The summed E-state index contributed by atoms with van der Waals surface area (Å²) >= 11 is 0. The van der Waals surface area contributed by atoms with Crippen molar-refractivity contribution in [1.82, 2.24) is 4.98 Å². The van der Waals surface area contributed by atoms with Gasteiger partial charge >= 0.3 is 5.97 Å². The van der Waals surface area contributed by atoms with E-state index in [2.05, 4.69) is 41.5 Å². The van der Waals surface area contributed by atoms with Crippen LogP contribution in [0.25, 0.3) is 0 Å². The molecule has 1 N–H and O–H groups in total. The van der Waals surface area contributed by atoms with Crippen LogP contribution in [0.4, 0.5) is 5.82 Å². The highest BCUT2D eigenvalue weighted by molar-refractivity contribution is 5.89. The maximum Gasteiger partial charge on any atom is 0.338 e. The molecule has 1 aromatic carbocycles. The zero-order valence-electron chi connectivity index (χ0n) is 12.4. The van der Waals surface area contributed by atoms with Crippen LogP contribution >= 0.6 is 0 Å². The van der Waals surface area contributed by atoms with Gasteiger partial charge in [0.15, 0.2) is 0 Å². The molecule has 0 aliphatic carbocycles. The predicted molar refractivity (Wildman–Crippen MR) is 83.5 cm³/mol. The van der Waals surface area contributed by atoms with Crippen molar-refractivity contribution in [1.29, 1.82) is 0 Å². The minimum Gasteiger partial charge on any atom is -0.465 e. The van der Waals surface area contributed by atoms with Gasteiger partial charge in [0, 0.05) is 12.7 Å². The highest BCUT2D eigenvalue weighted by atomic mass is 16.5. The number of nitrogens with zero attached hydrogens (tertiary/aromatic N) is 1. The van der Waals surface area contributed by atoms with E-state index in [9.17, 15) is 4.79 Å². The molecule has 2 rings (SSSR count). The van der Waals surface area contributed by atoms with E-state index in [0.717, 1.165) is 13.0 Å². The molecule has 4 heteroatoms. The van der Waals surface area contributed by atoms with Crippen LogP contribution < -0.4 is 5.32 Å². The molecule has 0 aliphatic rings. The van der Waals surface area contributed by atoms with E-state index in [0.29, 0.717) is 17.3 Å². The van der Waals surface area contributed by atoms with Gasteiger partial charge < -0.3 is 10.1 Å². The normalized spacial score (nSPS) is 11.7. The first kappa shape index (κ1) is 15.0. The summed E-state index contributed by atoms with van der Waals surface area (Å²) in [4.78, 5) is 15.7. The third-order valence-electron chi connectivity index (χ3n) is 3.43. The number of carbonyl (C=O) groups is 1. The molecule has 0 bridgehead atoms. The number of pyridine rings is 1. The molecule has 1 unspecified atom stereocenters. The number of methoxy groups -OCH3 is 1. The number of esters is 1. The van der Waals surface area contributed by atoms with Gasteiger partial charge in [0.25, 0.3) is 0 Å². The molecule has 1 atom stereocenters. The highest BCUT2D eigenvalue weighted by Crippen LogP contribution is 2.18. The fourth-order valence-corrected chi connectivity index (χ4v) is 2.14. The van der Waals surface area contributed by atoms with Gasteiger partial charge in [-0.05, 0) is 30.0 Å². The van der Waals surface area contributed by atoms with Crippen LogP contribution in [-0.4, -0.2) is 24.6 Å². The van der Waals surface area contributed by atoms with E-state index in [1.807, 2.05) is 6.07 Å². The lowest BCUT2D eigenvalue weighted by Gasteiger charge is -2.13. The number of hydrogen-bond donors (Lipinski definition) is 1. The van der Waals surface area contributed by atoms with Gasteiger partial charge in [-0.1, -0.05) is 37.3 Å². The molecule has 0 fully saturated rings. The SMILES string of the molecule is COC(=O)c1ccnc(NCCC(C)c2ccccc2)c1. The number of ether oxygens (including phenoxy) is 1. The minimum absolute atomic E-state index is 0.349. The molecule has 0 saturated heterocycles. The van der Waals surface area contributed by atoms with Crippen molar-refractivity contribution in [3.05, 3.63) is 59.8 Å². The van der Waals surface area contributed by atoms with Crippen LogP contribution in [0, 0.1) is 0 Å². The molecule has 110 valence electrons. The highest BCUT2D eigenvalue weighted by Gasteiger charge is 2.07. The molecule has 0 radical (unpaired) electrons. The Morgan fingerprint density at radius 2 is 2.05 bits per heavy atom. The van der Waals surface area contributed by atoms with E-state index >= 15 is 0 Å². The Bertz CT molecular complexity index is 584. The van der Waals surface area contributed by atoms with Crippen LogP contribution in [0.3, 0.4) is 0 Å². The molecule has 21 heavy (non-hydrogen) atoms. The third-order valence-corrected chi connectivity index (χ3v) is 3.43. The van der Waals surface area contributed by atoms with Crippen LogP contribution in [0.5, 0.6) is 0 Å². The second-order valence-electron chi connectivity index (χ2n) is 4.95. The summed E-state index contributed by atoms with van der Waals surface area (Å²) in [7, 11) is 1.37. The first-order chi connectivity index (χ1) is 10.2. The number of anilines is 1. The fourth-order valence-electron chi connectivity index (χ4n) is 2.14. The van der Waals surface area contributed by atoms with E-state index in [-0.39, 0.29) is 5.97 Å². The molecule has 1 aromatic heterocycles. The van der Waals surface area contributed by atoms with Crippen molar-refractivity contribution in [2.45, 2.75) is 19.3 Å². The Hall–Kier alpha value is -2.36. The summed E-state index contributed by atoms with van der Waals surface area (Å²) in [5, 5.41) is 3.25. The predicted octanol–water partition coefficient (Wildman–Crippen LogP) is 3.47. The molecular weight excluding hydrogens is 264 g/mol. The zero-order chi connectivity index (χ0) is 15.1. The largest absolute Gasteiger partial charge is 0.465 e. The monoisotopic (exact) mass is 284 g/mol. The van der Waals surface area contributed by atoms with Crippen LogP contribution in [0.15, 0.2) is 48.7 Å². The Morgan fingerprint density at radius 1 is 1.29 bits per heavy atom. The summed E-state index contributed by atoms with van der Waals surface area (Å²) < 4.78 is 4.70. The van der Waals surface area contributed by atoms with Crippen molar-refractivity contribution in [2.24, 2.45) is 0 Å². The summed E-state index contributed by atoms with van der Waals surface area (Å²) in [6.45, 7) is 3.00. The van der Waals surface area contributed by atoms with Gasteiger partial charge in [-0.3, -0.25) is 0 Å². The molecule has 0 spiro atoms. The van der Waals surface area contributed by atoms with E-state index in [1.54, 1.807) is 18.3 Å². The first-order valence-electron chi connectivity index (χ1n) is 7.04. The molecule has 4 nitrogen and oxygen atoms in total. The quantitative estimate of drug-likeness (QED) is 0.825. The number of hydrogen-bond acceptors (Lipinski definition) is 4. The van der Waals surface area contributed by atoms with Crippen molar-refractivity contribution in [2.75, 3.05) is 19.0 Å². The van der Waals surface area contributed by atoms with Gasteiger partial charge in [0.05, 0.1) is 12.7 Å². The van der Waals surface area contributed by atoms with Crippen molar-refractivity contribution in [3.63, 3.8) is 0 Å². The fraction of sp³-hybridized carbons (Fsp3) is 0.294. The lowest BCUT2D eigenvalue weighted by Crippen LogP contribution is -2.08.